The van der Waals surface area contributed by atoms with Gasteiger partial charge in [0.25, 0.3) is 0 Å². The molecule has 3 heteroatoms. The van der Waals surface area contributed by atoms with Crippen molar-refractivity contribution in [3.63, 3.8) is 0 Å². The van der Waals surface area contributed by atoms with E-state index in [9.17, 15) is 4.79 Å². The van der Waals surface area contributed by atoms with Gasteiger partial charge in [0, 0.05) is 12.0 Å². The molecule has 0 radical (unpaired) electrons. The van der Waals surface area contributed by atoms with Crippen LogP contribution in [0.3, 0.4) is 0 Å². The highest BCUT2D eigenvalue weighted by Crippen LogP contribution is 2.32. The Morgan fingerprint density at radius 2 is 1.88 bits per heavy atom. The van der Waals surface area contributed by atoms with Crippen LogP contribution in [0, 0.1) is 0 Å². The Morgan fingerprint density at radius 3 is 2.54 bits per heavy atom. The van der Waals surface area contributed by atoms with Crippen LogP contribution in [0.15, 0.2) is 48.5 Å². The molecule has 0 aliphatic carbocycles. The van der Waals surface area contributed by atoms with E-state index < -0.39 is 0 Å². The predicted molar refractivity (Wildman–Crippen MR) is 97.2 cm³/mol. The fourth-order valence-electron chi connectivity index (χ4n) is 2.52. The van der Waals surface area contributed by atoms with Gasteiger partial charge in [-0.25, -0.2) is 0 Å². The fraction of sp³-hybridized carbons (Fsp3) is 0.381. The molecule has 2 aromatic carbocycles. The van der Waals surface area contributed by atoms with Gasteiger partial charge in [-0.15, -0.1) is 0 Å². The van der Waals surface area contributed by atoms with E-state index in [-0.39, 0.29) is 12.1 Å². The standard InChI is InChI=1S/C21H26O3/c1-4-16(2)24-20-14-13-17(9-8-12-21(22)23-3)15-19(20)18-10-6-5-7-11-18/h5-7,10-11,13-16H,4,8-9,12H2,1-3H3. The summed E-state index contributed by atoms with van der Waals surface area (Å²) in [6, 6.07) is 16.6. The second kappa shape index (κ2) is 9.11. The molecule has 0 fully saturated rings. The van der Waals surface area contributed by atoms with Crippen LogP contribution in [0.25, 0.3) is 11.1 Å². The van der Waals surface area contributed by atoms with Gasteiger partial charge in [0.15, 0.2) is 0 Å². The Kier molecular flexibility index (Phi) is 6.86. The van der Waals surface area contributed by atoms with Crippen LogP contribution >= 0.6 is 0 Å². The van der Waals surface area contributed by atoms with E-state index in [1.807, 2.05) is 24.3 Å². The van der Waals surface area contributed by atoms with Crippen molar-refractivity contribution in [3.05, 3.63) is 54.1 Å². The number of carbonyl (C=O) groups excluding carboxylic acids is 1. The molecule has 3 nitrogen and oxygen atoms in total. The van der Waals surface area contributed by atoms with E-state index in [1.54, 1.807) is 0 Å². The van der Waals surface area contributed by atoms with Gasteiger partial charge in [-0.05, 0) is 49.4 Å². The maximum Gasteiger partial charge on any atom is 0.305 e. The number of esters is 1. The first-order valence-corrected chi connectivity index (χ1v) is 8.55. The molecule has 0 aliphatic rings. The molecule has 0 N–H and O–H groups in total. The molecule has 0 spiro atoms. The van der Waals surface area contributed by atoms with Crippen molar-refractivity contribution in [2.75, 3.05) is 7.11 Å². The molecule has 1 unspecified atom stereocenters. The van der Waals surface area contributed by atoms with Crippen molar-refractivity contribution in [1.29, 1.82) is 0 Å². The summed E-state index contributed by atoms with van der Waals surface area (Å²) < 4.78 is 10.8. The van der Waals surface area contributed by atoms with Crippen molar-refractivity contribution in [3.8, 4) is 16.9 Å². The number of carbonyl (C=O) groups is 1. The zero-order valence-corrected chi connectivity index (χ0v) is 14.7. The number of hydrogen-bond donors (Lipinski definition) is 0. The Bertz CT molecular complexity index is 649. The molecular formula is C21H26O3. The van der Waals surface area contributed by atoms with Crippen LogP contribution in [0.1, 0.15) is 38.7 Å². The van der Waals surface area contributed by atoms with Gasteiger partial charge >= 0.3 is 5.97 Å². The van der Waals surface area contributed by atoms with E-state index in [1.165, 1.54) is 12.7 Å². The summed E-state index contributed by atoms with van der Waals surface area (Å²) in [5.41, 5.74) is 3.45. The minimum atomic E-state index is -0.157. The summed E-state index contributed by atoms with van der Waals surface area (Å²) >= 11 is 0. The Labute approximate surface area is 144 Å². The summed E-state index contributed by atoms with van der Waals surface area (Å²) in [5, 5.41) is 0. The lowest BCUT2D eigenvalue weighted by atomic mass is 9.99. The lowest BCUT2D eigenvalue weighted by Crippen LogP contribution is -2.10. The van der Waals surface area contributed by atoms with Gasteiger partial charge in [0.1, 0.15) is 5.75 Å². The van der Waals surface area contributed by atoms with Crippen molar-refractivity contribution in [2.24, 2.45) is 0 Å². The third-order valence-electron chi connectivity index (χ3n) is 4.11. The molecule has 0 saturated heterocycles. The number of methoxy groups -OCH3 is 1. The Morgan fingerprint density at radius 1 is 1.12 bits per heavy atom. The van der Waals surface area contributed by atoms with Crippen molar-refractivity contribution in [2.45, 2.75) is 45.6 Å². The Balaban J connectivity index is 2.22. The molecular weight excluding hydrogens is 300 g/mol. The van der Waals surface area contributed by atoms with Crippen molar-refractivity contribution < 1.29 is 14.3 Å². The summed E-state index contributed by atoms with van der Waals surface area (Å²) in [6.07, 6.45) is 3.22. The number of aryl methyl sites for hydroxylation is 1. The summed E-state index contributed by atoms with van der Waals surface area (Å²) in [5.74, 6) is 0.752. The quantitative estimate of drug-likeness (QED) is 0.638. The maximum atomic E-state index is 11.3. The van der Waals surface area contributed by atoms with Crippen LogP contribution < -0.4 is 4.74 Å². The molecule has 0 aliphatic heterocycles. The van der Waals surface area contributed by atoms with Gasteiger partial charge in [-0.2, -0.15) is 0 Å². The Hall–Kier alpha value is -2.29. The molecule has 1 atom stereocenters. The second-order valence-electron chi connectivity index (χ2n) is 5.96. The number of rotatable bonds is 8. The lowest BCUT2D eigenvalue weighted by molar-refractivity contribution is -0.140. The van der Waals surface area contributed by atoms with E-state index in [0.29, 0.717) is 6.42 Å². The van der Waals surface area contributed by atoms with Gasteiger partial charge in [-0.3, -0.25) is 4.79 Å². The lowest BCUT2D eigenvalue weighted by Gasteiger charge is -2.17. The topological polar surface area (TPSA) is 35.5 Å². The van der Waals surface area contributed by atoms with E-state index in [4.69, 9.17) is 9.47 Å². The normalized spacial score (nSPS) is 11.8. The maximum absolute atomic E-state index is 11.3. The fourth-order valence-corrected chi connectivity index (χ4v) is 2.52. The first-order chi connectivity index (χ1) is 11.6. The minimum Gasteiger partial charge on any atom is -0.490 e. The summed E-state index contributed by atoms with van der Waals surface area (Å²) in [7, 11) is 1.43. The first-order valence-electron chi connectivity index (χ1n) is 8.55. The van der Waals surface area contributed by atoms with Crippen LogP contribution in [-0.4, -0.2) is 19.2 Å². The van der Waals surface area contributed by atoms with Gasteiger partial charge in [0.2, 0.25) is 0 Å². The van der Waals surface area contributed by atoms with Crippen LogP contribution in [0.5, 0.6) is 5.75 Å². The molecule has 128 valence electrons. The molecule has 2 aromatic rings. The third-order valence-corrected chi connectivity index (χ3v) is 4.11. The summed E-state index contributed by atoms with van der Waals surface area (Å²) in [6.45, 7) is 4.20. The number of ether oxygens (including phenoxy) is 2. The van der Waals surface area contributed by atoms with E-state index >= 15 is 0 Å². The zero-order chi connectivity index (χ0) is 17.4. The average molecular weight is 326 g/mol. The van der Waals surface area contributed by atoms with Crippen molar-refractivity contribution >= 4 is 5.97 Å². The van der Waals surface area contributed by atoms with Crippen LogP contribution in [-0.2, 0) is 16.0 Å². The van der Waals surface area contributed by atoms with Gasteiger partial charge in [-0.1, -0.05) is 43.3 Å². The average Bonchev–Trinajstić information content (AvgIpc) is 2.63. The summed E-state index contributed by atoms with van der Waals surface area (Å²) in [4.78, 5) is 11.3. The molecule has 2 rings (SSSR count). The highest BCUT2D eigenvalue weighted by Gasteiger charge is 2.11. The zero-order valence-electron chi connectivity index (χ0n) is 14.7. The van der Waals surface area contributed by atoms with Gasteiger partial charge < -0.3 is 9.47 Å². The molecule has 0 amide bonds. The molecule has 0 heterocycles. The first kappa shape index (κ1) is 18.1. The minimum absolute atomic E-state index is 0.157. The molecule has 0 aromatic heterocycles. The third kappa shape index (κ3) is 5.12. The molecule has 0 saturated carbocycles. The number of benzene rings is 2. The molecule has 24 heavy (non-hydrogen) atoms. The van der Waals surface area contributed by atoms with Crippen LogP contribution in [0.2, 0.25) is 0 Å². The SMILES string of the molecule is CCC(C)Oc1ccc(CCCC(=O)OC)cc1-c1ccccc1. The predicted octanol–water partition coefficient (Wildman–Crippen LogP) is 5.03. The van der Waals surface area contributed by atoms with Gasteiger partial charge in [0.05, 0.1) is 13.2 Å². The molecule has 0 bridgehead atoms. The smallest absolute Gasteiger partial charge is 0.305 e. The highest BCUT2D eigenvalue weighted by molar-refractivity contribution is 5.71. The van der Waals surface area contributed by atoms with E-state index in [0.717, 1.165) is 36.1 Å². The van der Waals surface area contributed by atoms with Crippen molar-refractivity contribution in [1.82, 2.24) is 0 Å². The monoisotopic (exact) mass is 326 g/mol. The largest absolute Gasteiger partial charge is 0.490 e. The number of hydrogen-bond acceptors (Lipinski definition) is 3. The van der Waals surface area contributed by atoms with Crippen LogP contribution in [0.4, 0.5) is 0 Å². The highest BCUT2D eigenvalue weighted by atomic mass is 16.5. The van der Waals surface area contributed by atoms with E-state index in [2.05, 4.69) is 38.1 Å². The second-order valence-corrected chi connectivity index (χ2v) is 5.96.